The molecule has 0 atom stereocenters. The number of anilines is 1. The molecule has 0 aliphatic rings. The second-order valence-corrected chi connectivity index (χ2v) is 6.85. The Kier molecular flexibility index (Phi) is 4.76. The first-order valence-electron chi connectivity index (χ1n) is 7.15. The molecule has 2 aromatic carbocycles. The number of nitrogens with one attached hydrogen (secondary N) is 1. The van der Waals surface area contributed by atoms with Crippen molar-refractivity contribution in [2.75, 3.05) is 11.8 Å². The maximum absolute atomic E-state index is 12.7. The van der Waals surface area contributed by atoms with E-state index in [1.54, 1.807) is 32.2 Å². The van der Waals surface area contributed by atoms with Gasteiger partial charge in [0.1, 0.15) is 5.75 Å². The van der Waals surface area contributed by atoms with Crippen LogP contribution in [-0.2, 0) is 16.4 Å². The monoisotopic (exact) mass is 319 g/mol. The summed E-state index contributed by atoms with van der Waals surface area (Å²) in [4.78, 5) is 0.275. The molecule has 4 nitrogen and oxygen atoms in total. The number of sulfonamides is 1. The van der Waals surface area contributed by atoms with Crippen LogP contribution < -0.4 is 9.46 Å². The first-order valence-corrected chi connectivity index (χ1v) is 8.63. The topological polar surface area (TPSA) is 55.4 Å². The smallest absolute Gasteiger partial charge is 0.262 e. The number of hydrogen-bond acceptors (Lipinski definition) is 3. The van der Waals surface area contributed by atoms with Crippen molar-refractivity contribution in [3.63, 3.8) is 0 Å². The lowest BCUT2D eigenvalue weighted by Crippen LogP contribution is -2.15. The summed E-state index contributed by atoms with van der Waals surface area (Å²) in [6.07, 6.45) is 0.763. The van der Waals surface area contributed by atoms with Crippen LogP contribution in [0, 0.1) is 13.8 Å². The number of methoxy groups -OCH3 is 1. The zero-order valence-electron chi connectivity index (χ0n) is 13.3. The van der Waals surface area contributed by atoms with Crippen LogP contribution >= 0.6 is 0 Å². The average Bonchev–Trinajstić information content (AvgIpc) is 2.49. The number of benzene rings is 2. The Morgan fingerprint density at radius 2 is 1.77 bits per heavy atom. The zero-order chi connectivity index (χ0) is 16.3. The van der Waals surface area contributed by atoms with Gasteiger partial charge in [0.2, 0.25) is 0 Å². The molecule has 0 spiro atoms. The summed E-state index contributed by atoms with van der Waals surface area (Å²) in [5.41, 5.74) is 3.04. The zero-order valence-corrected chi connectivity index (χ0v) is 14.1. The first kappa shape index (κ1) is 16.4. The van der Waals surface area contributed by atoms with Gasteiger partial charge in [-0.1, -0.05) is 25.1 Å². The fourth-order valence-corrected chi connectivity index (χ4v) is 3.81. The van der Waals surface area contributed by atoms with Crippen LogP contribution in [0.1, 0.15) is 23.6 Å². The van der Waals surface area contributed by atoms with E-state index < -0.39 is 10.0 Å². The Hall–Kier alpha value is -2.01. The summed E-state index contributed by atoms with van der Waals surface area (Å²) < 4.78 is 33.3. The highest BCUT2D eigenvalue weighted by atomic mass is 32.2. The maximum atomic E-state index is 12.7. The number of hydrogen-bond donors (Lipinski definition) is 1. The summed E-state index contributed by atoms with van der Waals surface area (Å²) in [5.74, 6) is 0.686. The lowest BCUT2D eigenvalue weighted by atomic mass is 10.1. The van der Waals surface area contributed by atoms with Crippen LogP contribution in [0.25, 0.3) is 0 Å². The molecule has 2 aromatic rings. The highest BCUT2D eigenvalue weighted by Gasteiger charge is 2.19. The van der Waals surface area contributed by atoms with Gasteiger partial charge in [-0.3, -0.25) is 4.72 Å². The molecule has 0 bridgehead atoms. The SMILES string of the molecule is CCc1ccccc1NS(=O)(=O)c1cc(C)c(OC)cc1C. The Balaban J connectivity index is 2.45. The standard InChI is InChI=1S/C17H21NO3S/c1-5-14-8-6-7-9-15(14)18-22(19,20)17-11-12(2)16(21-4)10-13(17)3/h6-11,18H,5H2,1-4H3. The van der Waals surface area contributed by atoms with Crippen molar-refractivity contribution in [3.05, 3.63) is 53.1 Å². The number of aryl methyl sites for hydroxylation is 3. The summed E-state index contributed by atoms with van der Waals surface area (Å²) >= 11 is 0. The van der Waals surface area contributed by atoms with Crippen molar-refractivity contribution in [3.8, 4) is 5.75 Å². The van der Waals surface area contributed by atoms with Crippen molar-refractivity contribution >= 4 is 15.7 Å². The molecular weight excluding hydrogens is 298 g/mol. The second kappa shape index (κ2) is 6.40. The molecule has 0 radical (unpaired) electrons. The summed E-state index contributed by atoms with van der Waals surface area (Å²) in [5, 5.41) is 0. The van der Waals surface area contributed by atoms with Gasteiger partial charge in [0.25, 0.3) is 10.0 Å². The molecule has 0 aliphatic heterocycles. The normalized spacial score (nSPS) is 11.3. The van der Waals surface area contributed by atoms with Crippen LogP contribution in [0.2, 0.25) is 0 Å². The van der Waals surface area contributed by atoms with Gasteiger partial charge in [-0.15, -0.1) is 0 Å². The summed E-state index contributed by atoms with van der Waals surface area (Å²) in [6, 6.07) is 10.8. The Labute approximate surface area is 132 Å². The Bertz CT molecular complexity index is 782. The van der Waals surface area contributed by atoms with Crippen molar-refractivity contribution < 1.29 is 13.2 Å². The quantitative estimate of drug-likeness (QED) is 0.914. The third-order valence-electron chi connectivity index (χ3n) is 3.62. The van der Waals surface area contributed by atoms with Gasteiger partial charge in [-0.25, -0.2) is 8.42 Å². The van der Waals surface area contributed by atoms with Crippen LogP contribution in [0.5, 0.6) is 5.75 Å². The number of ether oxygens (including phenoxy) is 1. The van der Waals surface area contributed by atoms with E-state index in [2.05, 4.69) is 4.72 Å². The van der Waals surface area contributed by atoms with Crippen molar-refractivity contribution in [2.45, 2.75) is 32.1 Å². The fraction of sp³-hybridized carbons (Fsp3) is 0.294. The molecule has 0 saturated heterocycles. The van der Waals surface area contributed by atoms with Crippen LogP contribution in [0.3, 0.4) is 0 Å². The highest BCUT2D eigenvalue weighted by molar-refractivity contribution is 7.92. The van der Waals surface area contributed by atoms with Crippen LogP contribution in [0.15, 0.2) is 41.3 Å². The second-order valence-electron chi connectivity index (χ2n) is 5.20. The molecule has 0 heterocycles. The molecule has 0 saturated carbocycles. The molecular formula is C17H21NO3S. The molecule has 0 aliphatic carbocycles. The van der Waals surface area contributed by atoms with E-state index in [4.69, 9.17) is 4.74 Å². The molecule has 2 rings (SSSR count). The number of rotatable bonds is 5. The van der Waals surface area contributed by atoms with Gasteiger partial charge in [0.05, 0.1) is 17.7 Å². The van der Waals surface area contributed by atoms with E-state index in [9.17, 15) is 8.42 Å². The molecule has 0 unspecified atom stereocenters. The maximum Gasteiger partial charge on any atom is 0.262 e. The van der Waals surface area contributed by atoms with E-state index in [0.717, 1.165) is 17.5 Å². The molecule has 5 heteroatoms. The van der Waals surface area contributed by atoms with Crippen molar-refractivity contribution in [2.24, 2.45) is 0 Å². The van der Waals surface area contributed by atoms with Gasteiger partial charge in [0.15, 0.2) is 0 Å². The Morgan fingerprint density at radius 3 is 2.41 bits per heavy atom. The molecule has 0 aromatic heterocycles. The predicted molar refractivity (Wildman–Crippen MR) is 89.1 cm³/mol. The number of para-hydroxylation sites is 1. The van der Waals surface area contributed by atoms with Crippen molar-refractivity contribution in [1.82, 2.24) is 0 Å². The van der Waals surface area contributed by atoms with Crippen molar-refractivity contribution in [1.29, 1.82) is 0 Å². The molecule has 0 amide bonds. The molecule has 118 valence electrons. The first-order chi connectivity index (χ1) is 10.4. The fourth-order valence-electron chi connectivity index (χ4n) is 2.40. The van der Waals surface area contributed by atoms with E-state index >= 15 is 0 Å². The summed E-state index contributed by atoms with van der Waals surface area (Å²) in [7, 11) is -2.05. The minimum atomic E-state index is -3.63. The third kappa shape index (κ3) is 3.25. The molecule has 22 heavy (non-hydrogen) atoms. The molecule has 1 N–H and O–H groups in total. The third-order valence-corrected chi connectivity index (χ3v) is 5.13. The predicted octanol–water partition coefficient (Wildman–Crippen LogP) is 3.68. The van der Waals surface area contributed by atoms with E-state index in [1.807, 2.05) is 32.0 Å². The average molecular weight is 319 g/mol. The lowest BCUT2D eigenvalue weighted by Gasteiger charge is -2.15. The van der Waals surface area contributed by atoms with Gasteiger partial charge in [-0.05, 0) is 55.2 Å². The molecule has 0 fully saturated rings. The highest BCUT2D eigenvalue weighted by Crippen LogP contribution is 2.27. The lowest BCUT2D eigenvalue weighted by molar-refractivity contribution is 0.411. The van der Waals surface area contributed by atoms with Gasteiger partial charge in [-0.2, -0.15) is 0 Å². The van der Waals surface area contributed by atoms with Gasteiger partial charge < -0.3 is 4.74 Å². The van der Waals surface area contributed by atoms with Crippen LogP contribution in [-0.4, -0.2) is 15.5 Å². The van der Waals surface area contributed by atoms with E-state index in [1.165, 1.54) is 0 Å². The minimum absolute atomic E-state index is 0.275. The summed E-state index contributed by atoms with van der Waals surface area (Å²) in [6.45, 7) is 5.59. The van der Waals surface area contributed by atoms with E-state index in [0.29, 0.717) is 17.0 Å². The minimum Gasteiger partial charge on any atom is -0.496 e. The van der Waals surface area contributed by atoms with Crippen LogP contribution in [0.4, 0.5) is 5.69 Å². The Morgan fingerprint density at radius 1 is 1.09 bits per heavy atom. The van der Waals surface area contributed by atoms with Gasteiger partial charge in [0, 0.05) is 0 Å². The van der Waals surface area contributed by atoms with E-state index in [-0.39, 0.29) is 4.90 Å². The largest absolute Gasteiger partial charge is 0.496 e. The van der Waals surface area contributed by atoms with Gasteiger partial charge >= 0.3 is 0 Å².